The van der Waals surface area contributed by atoms with Crippen LogP contribution >= 0.6 is 0 Å². The Morgan fingerprint density at radius 2 is 1.68 bits per heavy atom. The zero-order chi connectivity index (χ0) is 18.2. The maximum absolute atomic E-state index is 12.4. The van der Waals surface area contributed by atoms with Crippen LogP contribution in [0.25, 0.3) is 0 Å². The highest BCUT2D eigenvalue weighted by Gasteiger charge is 2.26. The SMILES string of the molecule is COc1ccc(CCC(=O)N(C)C(Cc2ccccc2)C(=O)O)cc1. The molecular formula is C20H23NO4. The number of nitrogens with zero attached hydrogens (tertiary/aromatic N) is 1. The third kappa shape index (κ3) is 5.35. The molecule has 5 heteroatoms. The minimum absolute atomic E-state index is 0.181. The zero-order valence-electron chi connectivity index (χ0n) is 14.5. The number of aliphatic carboxylic acids is 1. The number of carboxylic acids is 1. The number of rotatable bonds is 8. The first-order chi connectivity index (χ1) is 12.0. The van der Waals surface area contributed by atoms with Gasteiger partial charge < -0.3 is 14.7 Å². The molecule has 25 heavy (non-hydrogen) atoms. The molecule has 0 spiro atoms. The predicted molar refractivity (Wildman–Crippen MR) is 95.7 cm³/mol. The second-order valence-corrected chi connectivity index (χ2v) is 5.90. The minimum Gasteiger partial charge on any atom is -0.497 e. The van der Waals surface area contributed by atoms with Crippen molar-refractivity contribution < 1.29 is 19.4 Å². The van der Waals surface area contributed by atoms with E-state index < -0.39 is 12.0 Å². The summed E-state index contributed by atoms with van der Waals surface area (Å²) in [6.45, 7) is 0. The summed E-state index contributed by atoms with van der Waals surface area (Å²) in [5, 5.41) is 9.49. The molecule has 0 saturated heterocycles. The van der Waals surface area contributed by atoms with Crippen molar-refractivity contribution in [3.8, 4) is 5.75 Å². The smallest absolute Gasteiger partial charge is 0.326 e. The van der Waals surface area contributed by atoms with Crippen LogP contribution in [0.15, 0.2) is 54.6 Å². The number of carboxylic acid groups (broad SMARTS) is 1. The molecule has 1 atom stereocenters. The van der Waals surface area contributed by atoms with Crippen LogP contribution in [0, 0.1) is 0 Å². The van der Waals surface area contributed by atoms with Crippen molar-refractivity contribution >= 4 is 11.9 Å². The quantitative estimate of drug-likeness (QED) is 0.802. The van der Waals surface area contributed by atoms with Gasteiger partial charge in [0, 0.05) is 19.9 Å². The number of carbonyl (C=O) groups excluding carboxylic acids is 1. The number of ether oxygens (including phenoxy) is 1. The number of benzene rings is 2. The van der Waals surface area contributed by atoms with Crippen LogP contribution in [0.2, 0.25) is 0 Å². The lowest BCUT2D eigenvalue weighted by atomic mass is 10.0. The summed E-state index contributed by atoms with van der Waals surface area (Å²) in [4.78, 5) is 25.3. The lowest BCUT2D eigenvalue weighted by Crippen LogP contribution is -2.43. The van der Waals surface area contributed by atoms with Crippen LogP contribution in [-0.2, 0) is 22.4 Å². The normalized spacial score (nSPS) is 11.6. The van der Waals surface area contributed by atoms with Gasteiger partial charge in [-0.25, -0.2) is 4.79 Å². The van der Waals surface area contributed by atoms with E-state index in [0.29, 0.717) is 12.8 Å². The molecule has 0 saturated carbocycles. The molecule has 5 nitrogen and oxygen atoms in total. The molecule has 0 aliphatic heterocycles. The first-order valence-corrected chi connectivity index (χ1v) is 8.16. The Hall–Kier alpha value is -2.82. The number of likely N-dealkylation sites (N-methyl/N-ethyl adjacent to an activating group) is 1. The molecule has 0 aliphatic rings. The van der Waals surface area contributed by atoms with Gasteiger partial charge in [0.05, 0.1) is 7.11 Å². The summed E-state index contributed by atoms with van der Waals surface area (Å²) < 4.78 is 5.11. The molecule has 0 heterocycles. The van der Waals surface area contributed by atoms with Crippen LogP contribution in [0.1, 0.15) is 17.5 Å². The van der Waals surface area contributed by atoms with Gasteiger partial charge in [0.25, 0.3) is 0 Å². The highest BCUT2D eigenvalue weighted by atomic mass is 16.5. The fourth-order valence-electron chi connectivity index (χ4n) is 2.62. The van der Waals surface area contributed by atoms with E-state index in [9.17, 15) is 14.7 Å². The second kappa shape index (κ2) is 8.87. The summed E-state index contributed by atoms with van der Waals surface area (Å²) in [7, 11) is 3.16. The topological polar surface area (TPSA) is 66.8 Å². The standard InChI is InChI=1S/C20H23NO4/c1-21(18(20(23)24)14-16-6-4-3-5-7-16)19(22)13-10-15-8-11-17(25-2)12-9-15/h3-9,11-12,18H,10,13-14H2,1-2H3,(H,23,24). The Balaban J connectivity index is 1.96. The van der Waals surface area contributed by atoms with E-state index in [-0.39, 0.29) is 12.3 Å². The summed E-state index contributed by atoms with van der Waals surface area (Å²) in [5.41, 5.74) is 1.90. The van der Waals surface area contributed by atoms with Crippen LogP contribution in [-0.4, -0.2) is 42.1 Å². The van der Waals surface area contributed by atoms with Gasteiger partial charge in [-0.2, -0.15) is 0 Å². The van der Waals surface area contributed by atoms with Gasteiger partial charge in [0.2, 0.25) is 5.91 Å². The summed E-state index contributed by atoms with van der Waals surface area (Å²) in [6, 6.07) is 16.0. The van der Waals surface area contributed by atoms with Crippen molar-refractivity contribution in [2.24, 2.45) is 0 Å². The highest BCUT2D eigenvalue weighted by Crippen LogP contribution is 2.14. The first-order valence-electron chi connectivity index (χ1n) is 8.16. The van der Waals surface area contributed by atoms with Crippen LogP contribution in [0.5, 0.6) is 5.75 Å². The van der Waals surface area contributed by atoms with Crippen molar-refractivity contribution in [1.82, 2.24) is 4.90 Å². The molecule has 132 valence electrons. The largest absolute Gasteiger partial charge is 0.497 e. The molecule has 1 amide bonds. The van der Waals surface area contributed by atoms with E-state index in [1.807, 2.05) is 54.6 Å². The summed E-state index contributed by atoms with van der Waals surface area (Å²) >= 11 is 0. The van der Waals surface area contributed by atoms with Gasteiger partial charge >= 0.3 is 5.97 Å². The Morgan fingerprint density at radius 3 is 2.24 bits per heavy atom. The predicted octanol–water partition coefficient (Wildman–Crippen LogP) is 2.78. The molecule has 2 aromatic rings. The number of hydrogen-bond acceptors (Lipinski definition) is 3. The van der Waals surface area contributed by atoms with E-state index in [1.54, 1.807) is 14.2 Å². The third-order valence-electron chi connectivity index (χ3n) is 4.20. The third-order valence-corrected chi connectivity index (χ3v) is 4.20. The van der Waals surface area contributed by atoms with Gasteiger partial charge in [0.1, 0.15) is 11.8 Å². The molecule has 0 aromatic heterocycles. The Bertz CT molecular complexity index is 697. The molecule has 0 aliphatic carbocycles. The van der Waals surface area contributed by atoms with Crippen molar-refractivity contribution in [3.05, 3.63) is 65.7 Å². The van der Waals surface area contributed by atoms with Gasteiger partial charge in [-0.3, -0.25) is 4.79 Å². The van der Waals surface area contributed by atoms with Crippen molar-refractivity contribution in [2.45, 2.75) is 25.3 Å². The number of hydrogen-bond donors (Lipinski definition) is 1. The highest BCUT2D eigenvalue weighted by molar-refractivity contribution is 5.83. The fourth-order valence-corrected chi connectivity index (χ4v) is 2.62. The molecule has 1 unspecified atom stereocenters. The van der Waals surface area contributed by atoms with E-state index in [2.05, 4.69) is 0 Å². The first kappa shape index (κ1) is 18.5. The summed E-state index contributed by atoms with van der Waals surface area (Å²) in [6.07, 6.45) is 1.12. The van der Waals surface area contributed by atoms with Gasteiger partial charge in [-0.05, 0) is 29.7 Å². The van der Waals surface area contributed by atoms with E-state index in [1.165, 1.54) is 4.90 Å². The second-order valence-electron chi connectivity index (χ2n) is 5.90. The molecule has 2 aromatic carbocycles. The monoisotopic (exact) mass is 341 g/mol. The molecular weight excluding hydrogens is 318 g/mol. The van der Waals surface area contributed by atoms with E-state index >= 15 is 0 Å². The Labute approximate surface area is 147 Å². The average Bonchev–Trinajstić information content (AvgIpc) is 2.64. The van der Waals surface area contributed by atoms with Crippen molar-refractivity contribution in [3.63, 3.8) is 0 Å². The van der Waals surface area contributed by atoms with Gasteiger partial charge in [-0.15, -0.1) is 0 Å². The molecule has 2 rings (SSSR count). The summed E-state index contributed by atoms with van der Waals surface area (Å²) in [5.74, 6) is -0.413. The molecule has 1 N–H and O–H groups in total. The Morgan fingerprint density at radius 1 is 1.04 bits per heavy atom. The fraction of sp³-hybridized carbons (Fsp3) is 0.300. The lowest BCUT2D eigenvalue weighted by molar-refractivity contribution is -0.149. The zero-order valence-corrected chi connectivity index (χ0v) is 14.5. The van der Waals surface area contributed by atoms with Gasteiger partial charge in [0.15, 0.2) is 0 Å². The van der Waals surface area contributed by atoms with Crippen LogP contribution in [0.4, 0.5) is 0 Å². The molecule has 0 bridgehead atoms. The molecule has 0 fully saturated rings. The van der Waals surface area contributed by atoms with Crippen molar-refractivity contribution in [1.29, 1.82) is 0 Å². The number of carbonyl (C=O) groups is 2. The minimum atomic E-state index is -0.996. The number of methoxy groups -OCH3 is 1. The van der Waals surface area contributed by atoms with Crippen LogP contribution < -0.4 is 4.74 Å². The number of amides is 1. The maximum Gasteiger partial charge on any atom is 0.326 e. The maximum atomic E-state index is 12.4. The van der Waals surface area contributed by atoms with Crippen LogP contribution in [0.3, 0.4) is 0 Å². The molecule has 0 radical (unpaired) electrons. The Kier molecular flexibility index (Phi) is 6.57. The van der Waals surface area contributed by atoms with Crippen molar-refractivity contribution in [2.75, 3.05) is 14.2 Å². The van der Waals surface area contributed by atoms with E-state index in [0.717, 1.165) is 16.9 Å². The van der Waals surface area contributed by atoms with E-state index in [4.69, 9.17) is 4.74 Å². The lowest BCUT2D eigenvalue weighted by Gasteiger charge is -2.25. The number of aryl methyl sites for hydroxylation is 1. The average molecular weight is 341 g/mol. The van der Waals surface area contributed by atoms with Gasteiger partial charge in [-0.1, -0.05) is 42.5 Å².